The fourth-order valence-corrected chi connectivity index (χ4v) is 3.54. The molecule has 3 unspecified atom stereocenters. The maximum absolute atomic E-state index is 5.93. The van der Waals surface area contributed by atoms with Gasteiger partial charge in [-0.25, -0.2) is 0 Å². The highest BCUT2D eigenvalue weighted by Gasteiger charge is 2.41. The molecule has 3 atom stereocenters. The van der Waals surface area contributed by atoms with E-state index in [4.69, 9.17) is 9.73 Å². The summed E-state index contributed by atoms with van der Waals surface area (Å²) in [6.45, 7) is 8.23. The number of nitrogens with one attached hydrogen (secondary N) is 2. The number of guanidine groups is 1. The maximum Gasteiger partial charge on any atom is 0.191 e. The Hall–Kier alpha value is -0.820. The van der Waals surface area contributed by atoms with Gasteiger partial charge in [0.05, 0.1) is 24.8 Å². The van der Waals surface area contributed by atoms with E-state index in [0.717, 1.165) is 25.5 Å². The third-order valence-electron chi connectivity index (χ3n) is 4.96. The zero-order valence-corrected chi connectivity index (χ0v) is 17.2. The normalized spacial score (nSPS) is 26.1. The lowest BCUT2D eigenvalue weighted by Crippen LogP contribution is -2.47. The van der Waals surface area contributed by atoms with Gasteiger partial charge in [-0.15, -0.1) is 24.0 Å². The third kappa shape index (κ3) is 4.63. The van der Waals surface area contributed by atoms with Crippen LogP contribution in [-0.4, -0.2) is 37.3 Å². The summed E-state index contributed by atoms with van der Waals surface area (Å²) in [6, 6.07) is 11.0. The molecule has 2 fully saturated rings. The molecule has 2 heterocycles. The number of aliphatic imine (C=N–C) groups is 1. The highest BCUT2D eigenvalue weighted by atomic mass is 127. The van der Waals surface area contributed by atoms with Gasteiger partial charge in [0.1, 0.15) is 0 Å². The molecule has 1 aromatic rings. The molecule has 4 nitrogen and oxygen atoms in total. The van der Waals surface area contributed by atoms with Crippen LogP contribution in [0.5, 0.6) is 0 Å². The summed E-state index contributed by atoms with van der Waals surface area (Å²) >= 11 is 0. The van der Waals surface area contributed by atoms with Gasteiger partial charge in [0.25, 0.3) is 0 Å². The van der Waals surface area contributed by atoms with Gasteiger partial charge in [-0.05, 0) is 31.7 Å². The van der Waals surface area contributed by atoms with E-state index in [1.165, 1.54) is 18.4 Å². The van der Waals surface area contributed by atoms with Crippen molar-refractivity contribution in [2.24, 2.45) is 4.99 Å². The predicted molar refractivity (Wildman–Crippen MR) is 110 cm³/mol. The molecule has 3 rings (SSSR count). The number of benzene rings is 1. The molecule has 2 bridgehead atoms. The summed E-state index contributed by atoms with van der Waals surface area (Å²) in [5.74, 6) is 0.914. The number of fused-ring (bicyclic) bond motifs is 2. The molecular formula is C19H30IN3O. The summed E-state index contributed by atoms with van der Waals surface area (Å²) in [6.07, 6.45) is 4.33. The zero-order chi connectivity index (χ0) is 16.3. The lowest BCUT2D eigenvalue weighted by molar-refractivity contribution is 0.0992. The number of hydrogen-bond acceptors (Lipinski definition) is 2. The van der Waals surface area contributed by atoms with Crippen molar-refractivity contribution < 1.29 is 4.74 Å². The molecule has 2 aliphatic rings. The quantitative estimate of drug-likeness (QED) is 0.416. The van der Waals surface area contributed by atoms with Crippen molar-refractivity contribution in [2.45, 2.75) is 63.7 Å². The smallest absolute Gasteiger partial charge is 0.191 e. The van der Waals surface area contributed by atoms with Gasteiger partial charge in [-0.2, -0.15) is 0 Å². The first-order valence-electron chi connectivity index (χ1n) is 8.84. The second kappa shape index (κ2) is 8.52. The number of nitrogens with zero attached hydrogens (tertiary/aromatic N) is 1. The molecule has 0 radical (unpaired) electrons. The van der Waals surface area contributed by atoms with E-state index >= 15 is 0 Å². The van der Waals surface area contributed by atoms with Crippen molar-refractivity contribution >= 4 is 29.9 Å². The molecule has 2 N–H and O–H groups in total. The Kier molecular flexibility index (Phi) is 6.92. The lowest BCUT2D eigenvalue weighted by Gasteiger charge is -2.26. The largest absolute Gasteiger partial charge is 0.373 e. The van der Waals surface area contributed by atoms with Crippen LogP contribution in [0.1, 0.15) is 45.6 Å². The first-order chi connectivity index (χ1) is 11.1. The van der Waals surface area contributed by atoms with Gasteiger partial charge in [0.15, 0.2) is 5.96 Å². The Bertz CT molecular complexity index is 547. The van der Waals surface area contributed by atoms with Crippen molar-refractivity contribution in [3.05, 3.63) is 35.9 Å². The van der Waals surface area contributed by atoms with Gasteiger partial charge in [-0.1, -0.05) is 44.2 Å². The van der Waals surface area contributed by atoms with Gasteiger partial charge in [0, 0.05) is 12.0 Å². The molecule has 0 spiro atoms. The molecule has 2 saturated heterocycles. The van der Waals surface area contributed by atoms with E-state index in [1.807, 2.05) is 0 Å². The minimum atomic E-state index is 0. The molecule has 0 aliphatic carbocycles. The van der Waals surface area contributed by atoms with Crippen LogP contribution in [0.2, 0.25) is 0 Å². The first-order valence-corrected chi connectivity index (χ1v) is 8.84. The summed E-state index contributed by atoms with van der Waals surface area (Å²) < 4.78 is 5.93. The van der Waals surface area contributed by atoms with Crippen LogP contribution >= 0.6 is 24.0 Å². The second-order valence-electron chi connectivity index (χ2n) is 7.31. The number of hydrogen-bond donors (Lipinski definition) is 2. The fraction of sp³-hybridized carbons (Fsp3) is 0.632. The van der Waals surface area contributed by atoms with Crippen LogP contribution in [0.15, 0.2) is 35.3 Å². The van der Waals surface area contributed by atoms with E-state index in [1.54, 1.807) is 0 Å². The molecular weight excluding hydrogens is 413 g/mol. The van der Waals surface area contributed by atoms with Crippen LogP contribution < -0.4 is 10.6 Å². The van der Waals surface area contributed by atoms with Crippen LogP contribution in [0.25, 0.3) is 0 Å². The van der Waals surface area contributed by atoms with E-state index in [2.05, 4.69) is 61.7 Å². The SMILES string of the molecule is CCNC(=NCC(C)(C)c1ccccc1)NC1CC2CCC1O2.I. The molecule has 0 aromatic heterocycles. The molecule has 0 saturated carbocycles. The zero-order valence-electron chi connectivity index (χ0n) is 14.9. The summed E-state index contributed by atoms with van der Waals surface area (Å²) in [5, 5.41) is 6.96. The topological polar surface area (TPSA) is 45.7 Å². The highest BCUT2D eigenvalue weighted by molar-refractivity contribution is 14.0. The number of halogens is 1. The standard InChI is InChI=1S/C19H29N3O.HI/c1-4-20-18(22-16-12-15-10-11-17(16)23-15)21-13-19(2,3)14-8-6-5-7-9-14;/h5-9,15-17H,4,10-13H2,1-3H3,(H2,20,21,22);1H. The van der Waals surface area contributed by atoms with Crippen molar-refractivity contribution in [3.8, 4) is 0 Å². The Morgan fingerprint density at radius 1 is 1.25 bits per heavy atom. The molecule has 24 heavy (non-hydrogen) atoms. The summed E-state index contributed by atoms with van der Waals surface area (Å²) in [5.41, 5.74) is 1.34. The van der Waals surface area contributed by atoms with Crippen molar-refractivity contribution in [1.29, 1.82) is 0 Å². The number of ether oxygens (including phenoxy) is 1. The Morgan fingerprint density at radius 2 is 2.00 bits per heavy atom. The highest BCUT2D eigenvalue weighted by Crippen LogP contribution is 2.34. The van der Waals surface area contributed by atoms with Crippen LogP contribution in [0.3, 0.4) is 0 Å². The van der Waals surface area contributed by atoms with E-state index < -0.39 is 0 Å². The van der Waals surface area contributed by atoms with Gasteiger partial charge in [-0.3, -0.25) is 4.99 Å². The monoisotopic (exact) mass is 443 g/mol. The predicted octanol–water partition coefficient (Wildman–Crippen LogP) is 3.46. The van der Waals surface area contributed by atoms with E-state index in [0.29, 0.717) is 18.2 Å². The Labute approximate surface area is 162 Å². The minimum absolute atomic E-state index is 0. The lowest BCUT2D eigenvalue weighted by atomic mass is 9.85. The Morgan fingerprint density at radius 3 is 2.58 bits per heavy atom. The third-order valence-corrected chi connectivity index (χ3v) is 4.96. The van der Waals surface area contributed by atoms with Crippen molar-refractivity contribution in [1.82, 2.24) is 10.6 Å². The molecule has 0 amide bonds. The molecule has 5 heteroatoms. The second-order valence-corrected chi connectivity index (χ2v) is 7.31. The molecule has 1 aromatic carbocycles. The maximum atomic E-state index is 5.93. The minimum Gasteiger partial charge on any atom is -0.373 e. The van der Waals surface area contributed by atoms with Gasteiger partial charge >= 0.3 is 0 Å². The summed E-state index contributed by atoms with van der Waals surface area (Å²) in [4.78, 5) is 4.85. The summed E-state index contributed by atoms with van der Waals surface area (Å²) in [7, 11) is 0. The average Bonchev–Trinajstić information content (AvgIpc) is 3.17. The van der Waals surface area contributed by atoms with Crippen molar-refractivity contribution in [2.75, 3.05) is 13.1 Å². The molecule has 2 aliphatic heterocycles. The average molecular weight is 443 g/mol. The van der Waals surface area contributed by atoms with E-state index in [9.17, 15) is 0 Å². The van der Waals surface area contributed by atoms with Gasteiger partial charge < -0.3 is 15.4 Å². The van der Waals surface area contributed by atoms with Gasteiger partial charge in [0.2, 0.25) is 0 Å². The first kappa shape index (κ1) is 19.5. The fourth-order valence-electron chi connectivity index (χ4n) is 3.54. The van der Waals surface area contributed by atoms with Crippen molar-refractivity contribution in [3.63, 3.8) is 0 Å². The van der Waals surface area contributed by atoms with Crippen LogP contribution in [0.4, 0.5) is 0 Å². The van der Waals surface area contributed by atoms with E-state index in [-0.39, 0.29) is 29.4 Å². The Balaban J connectivity index is 0.00000208. The number of rotatable bonds is 5. The molecule has 134 valence electrons. The van der Waals surface area contributed by atoms with Crippen LogP contribution in [-0.2, 0) is 10.2 Å². The van der Waals surface area contributed by atoms with Crippen LogP contribution in [0, 0.1) is 0 Å².